The zero-order chi connectivity index (χ0) is 18.3. The predicted molar refractivity (Wildman–Crippen MR) is 91.1 cm³/mol. The van der Waals surface area contributed by atoms with E-state index in [9.17, 15) is 14.4 Å². The fourth-order valence-electron chi connectivity index (χ4n) is 3.21. The van der Waals surface area contributed by atoms with Gasteiger partial charge in [-0.25, -0.2) is 14.8 Å². The molecule has 3 aromatic heterocycles. The van der Waals surface area contributed by atoms with Crippen LogP contribution in [0, 0.1) is 0 Å². The van der Waals surface area contributed by atoms with E-state index in [0.29, 0.717) is 35.5 Å². The second-order valence-corrected chi connectivity index (χ2v) is 6.02. The first-order valence-electron chi connectivity index (χ1n) is 8.09. The van der Waals surface area contributed by atoms with Gasteiger partial charge in [-0.2, -0.15) is 0 Å². The second-order valence-electron chi connectivity index (χ2n) is 6.02. The minimum atomic E-state index is -0.384. The third-order valence-corrected chi connectivity index (χ3v) is 4.45. The van der Waals surface area contributed by atoms with Crippen LogP contribution in [-0.4, -0.2) is 49.4 Å². The molecule has 4 heterocycles. The van der Waals surface area contributed by atoms with Crippen LogP contribution in [0.5, 0.6) is 5.75 Å². The highest BCUT2D eigenvalue weighted by molar-refractivity contribution is 5.96. The molecule has 10 nitrogen and oxygen atoms in total. The molecule has 1 aliphatic heterocycles. The third kappa shape index (κ3) is 2.65. The van der Waals surface area contributed by atoms with Gasteiger partial charge in [-0.3, -0.25) is 14.6 Å². The Kier molecular flexibility index (Phi) is 3.79. The monoisotopic (exact) mass is 356 g/mol. The highest BCUT2D eigenvalue weighted by atomic mass is 16.5. The van der Waals surface area contributed by atoms with E-state index in [0.717, 1.165) is 6.42 Å². The number of aromatic nitrogens is 5. The van der Waals surface area contributed by atoms with Crippen molar-refractivity contribution in [1.82, 2.24) is 29.8 Å². The maximum absolute atomic E-state index is 12.9. The average molecular weight is 356 g/mol. The fourth-order valence-corrected chi connectivity index (χ4v) is 3.21. The van der Waals surface area contributed by atoms with Crippen molar-refractivity contribution in [1.29, 1.82) is 0 Å². The lowest BCUT2D eigenvalue weighted by Crippen LogP contribution is -2.32. The first-order valence-corrected chi connectivity index (χ1v) is 8.09. The smallest absolute Gasteiger partial charge is 0.325 e. The molecule has 4 rings (SSSR count). The summed E-state index contributed by atoms with van der Waals surface area (Å²) in [6.07, 6.45) is 4.27. The van der Waals surface area contributed by atoms with Crippen LogP contribution >= 0.6 is 0 Å². The van der Waals surface area contributed by atoms with Gasteiger partial charge >= 0.3 is 5.69 Å². The Morgan fingerprint density at radius 3 is 2.85 bits per heavy atom. The lowest BCUT2D eigenvalue weighted by atomic mass is 10.2. The summed E-state index contributed by atoms with van der Waals surface area (Å²) >= 11 is 0. The van der Waals surface area contributed by atoms with E-state index in [1.807, 2.05) is 0 Å². The molecule has 26 heavy (non-hydrogen) atoms. The van der Waals surface area contributed by atoms with Gasteiger partial charge in [0.2, 0.25) is 5.75 Å². The molecule has 0 spiro atoms. The Bertz CT molecular complexity index is 1100. The van der Waals surface area contributed by atoms with E-state index in [1.54, 1.807) is 11.0 Å². The fraction of sp³-hybridized carbons (Fsp3) is 0.312. The number of hydrogen-bond acceptors (Lipinski definition) is 6. The van der Waals surface area contributed by atoms with Gasteiger partial charge in [0.1, 0.15) is 5.82 Å². The van der Waals surface area contributed by atoms with Crippen molar-refractivity contribution < 1.29 is 9.53 Å². The zero-order valence-corrected chi connectivity index (χ0v) is 13.9. The van der Waals surface area contributed by atoms with Crippen molar-refractivity contribution in [3.05, 3.63) is 50.7 Å². The molecule has 1 saturated heterocycles. The minimum absolute atomic E-state index is 0.121. The number of carbonyl (C=O) groups is 1. The third-order valence-electron chi connectivity index (χ3n) is 4.45. The molecule has 3 aromatic rings. The average Bonchev–Trinajstić information content (AvgIpc) is 3.25. The number of fused-ring (bicyclic) bond motifs is 1. The summed E-state index contributed by atoms with van der Waals surface area (Å²) in [5.41, 5.74) is 0.453. The van der Waals surface area contributed by atoms with E-state index >= 15 is 0 Å². The van der Waals surface area contributed by atoms with E-state index < -0.39 is 0 Å². The number of H-pyrrole nitrogens is 3. The van der Waals surface area contributed by atoms with Gasteiger partial charge in [0.15, 0.2) is 5.65 Å². The van der Waals surface area contributed by atoms with Crippen molar-refractivity contribution >= 4 is 17.1 Å². The Balaban J connectivity index is 1.66. The molecule has 1 aliphatic rings. The predicted octanol–water partition coefficient (Wildman–Crippen LogP) is 0.320. The maximum atomic E-state index is 12.9. The topological polar surface area (TPSA) is 137 Å². The summed E-state index contributed by atoms with van der Waals surface area (Å²) in [6, 6.07) is 1.25. The molecule has 1 atom stereocenters. The standard InChI is InChI=1S/C16H16N6O4/c1-26-11-7-18-13(20-14(11)23)10-3-2-4-22(10)15(24)8-5-9-12(17-6-8)21-16(25)19-9/h5-7,10H,2-4H2,1H3,(H,18,20,23)(H2,17,19,21,25). The van der Waals surface area contributed by atoms with Gasteiger partial charge in [0, 0.05) is 12.7 Å². The van der Waals surface area contributed by atoms with Crippen molar-refractivity contribution in [3.63, 3.8) is 0 Å². The molecule has 10 heteroatoms. The van der Waals surface area contributed by atoms with Crippen molar-refractivity contribution in [2.75, 3.05) is 13.7 Å². The van der Waals surface area contributed by atoms with Gasteiger partial charge < -0.3 is 19.6 Å². The van der Waals surface area contributed by atoms with Gasteiger partial charge in [-0.15, -0.1) is 0 Å². The molecule has 0 aromatic carbocycles. The first-order chi connectivity index (χ1) is 12.6. The van der Waals surface area contributed by atoms with Gasteiger partial charge in [0.05, 0.1) is 30.4 Å². The molecule has 0 saturated carbocycles. The van der Waals surface area contributed by atoms with Crippen molar-refractivity contribution in [2.45, 2.75) is 18.9 Å². The molecule has 1 amide bonds. The molecule has 0 bridgehead atoms. The number of imidazole rings is 1. The van der Waals surface area contributed by atoms with E-state index in [1.165, 1.54) is 19.5 Å². The number of pyridine rings is 1. The summed E-state index contributed by atoms with van der Waals surface area (Å²) < 4.78 is 4.92. The quantitative estimate of drug-likeness (QED) is 0.618. The van der Waals surface area contributed by atoms with Crippen LogP contribution in [0.3, 0.4) is 0 Å². The Hall–Kier alpha value is -3.43. The van der Waals surface area contributed by atoms with Crippen LogP contribution in [-0.2, 0) is 0 Å². The maximum Gasteiger partial charge on any atom is 0.325 e. The number of likely N-dealkylation sites (tertiary alicyclic amines) is 1. The van der Waals surface area contributed by atoms with E-state index in [-0.39, 0.29) is 28.9 Å². The minimum Gasteiger partial charge on any atom is -0.490 e. The number of methoxy groups -OCH3 is 1. The van der Waals surface area contributed by atoms with E-state index in [2.05, 4.69) is 24.9 Å². The summed E-state index contributed by atoms with van der Waals surface area (Å²) in [7, 11) is 1.39. The SMILES string of the molecule is COc1cnc(C2CCCN2C(=O)c2cnc3[nH]c(=O)[nH]c3c2)[nH]c1=O. The normalized spacial score (nSPS) is 17.0. The number of nitrogens with one attached hydrogen (secondary N) is 3. The Labute approximate surface area is 146 Å². The van der Waals surface area contributed by atoms with E-state index in [4.69, 9.17) is 4.74 Å². The molecule has 0 radical (unpaired) electrons. The number of nitrogens with zero attached hydrogens (tertiary/aromatic N) is 3. The first kappa shape index (κ1) is 16.1. The van der Waals surface area contributed by atoms with Gasteiger partial charge in [-0.05, 0) is 18.9 Å². The molecule has 1 fully saturated rings. The lowest BCUT2D eigenvalue weighted by Gasteiger charge is -2.24. The summed E-state index contributed by atoms with van der Waals surface area (Å²) in [5.74, 6) is 0.309. The van der Waals surface area contributed by atoms with Crippen LogP contribution in [0.15, 0.2) is 28.0 Å². The largest absolute Gasteiger partial charge is 0.490 e. The number of aromatic amines is 3. The Morgan fingerprint density at radius 1 is 1.23 bits per heavy atom. The van der Waals surface area contributed by atoms with Gasteiger partial charge in [-0.1, -0.05) is 0 Å². The number of carbonyl (C=O) groups excluding carboxylic acids is 1. The molecular formula is C16H16N6O4. The van der Waals surface area contributed by atoms with Crippen LogP contribution in [0.4, 0.5) is 0 Å². The van der Waals surface area contributed by atoms with Crippen molar-refractivity contribution in [3.8, 4) is 5.75 Å². The van der Waals surface area contributed by atoms with Crippen LogP contribution in [0.25, 0.3) is 11.2 Å². The number of ether oxygens (including phenoxy) is 1. The van der Waals surface area contributed by atoms with Gasteiger partial charge in [0.25, 0.3) is 11.5 Å². The van der Waals surface area contributed by atoms with Crippen molar-refractivity contribution in [2.24, 2.45) is 0 Å². The summed E-state index contributed by atoms with van der Waals surface area (Å²) in [4.78, 5) is 54.0. The molecular weight excluding hydrogens is 340 g/mol. The summed E-state index contributed by atoms with van der Waals surface area (Å²) in [5, 5.41) is 0. The van der Waals surface area contributed by atoms with Crippen LogP contribution in [0.1, 0.15) is 35.1 Å². The highest BCUT2D eigenvalue weighted by Gasteiger charge is 2.32. The summed E-state index contributed by atoms with van der Waals surface area (Å²) in [6.45, 7) is 0.543. The molecule has 134 valence electrons. The Morgan fingerprint density at radius 2 is 2.08 bits per heavy atom. The molecule has 0 aliphatic carbocycles. The number of amides is 1. The molecule has 3 N–H and O–H groups in total. The number of rotatable bonds is 3. The van der Waals surface area contributed by atoms with Crippen LogP contribution in [0.2, 0.25) is 0 Å². The molecule has 1 unspecified atom stereocenters. The highest BCUT2D eigenvalue weighted by Crippen LogP contribution is 2.31. The second kappa shape index (κ2) is 6.14. The van der Waals surface area contributed by atoms with Crippen LogP contribution < -0.4 is 16.0 Å². The number of hydrogen-bond donors (Lipinski definition) is 3. The lowest BCUT2D eigenvalue weighted by molar-refractivity contribution is 0.0729. The zero-order valence-electron chi connectivity index (χ0n) is 13.9.